The molecule has 2 aromatic rings. The van der Waals surface area contributed by atoms with E-state index in [-0.39, 0.29) is 0 Å². The van der Waals surface area contributed by atoms with E-state index in [1.165, 1.54) is 32.1 Å². The van der Waals surface area contributed by atoms with Gasteiger partial charge in [-0.25, -0.2) is 0 Å². The van der Waals surface area contributed by atoms with Crippen LogP contribution in [-0.2, 0) is 0 Å². The molecule has 0 amide bonds. The van der Waals surface area contributed by atoms with Gasteiger partial charge in [-0.05, 0) is 53.1 Å². The lowest BCUT2D eigenvalue weighted by molar-refractivity contribution is 0.419. The summed E-state index contributed by atoms with van der Waals surface area (Å²) in [4.78, 5) is 1.09. The van der Waals surface area contributed by atoms with Crippen molar-refractivity contribution in [2.45, 2.75) is 38.0 Å². The lowest BCUT2D eigenvalue weighted by Crippen LogP contribution is -2.10. The van der Waals surface area contributed by atoms with E-state index in [9.17, 15) is 0 Å². The van der Waals surface area contributed by atoms with E-state index < -0.39 is 0 Å². The Morgan fingerprint density at radius 1 is 1.40 bits per heavy atom. The summed E-state index contributed by atoms with van der Waals surface area (Å²) in [5.41, 5.74) is 0. The third-order valence-electron chi connectivity index (χ3n) is 3.54. The van der Waals surface area contributed by atoms with Crippen molar-refractivity contribution >= 4 is 45.7 Å². The Labute approximate surface area is 135 Å². The zero-order valence-electron chi connectivity index (χ0n) is 10.9. The van der Waals surface area contributed by atoms with Gasteiger partial charge in [-0.1, -0.05) is 19.3 Å². The molecule has 1 aliphatic rings. The molecule has 1 aliphatic carbocycles. The predicted octanol–water partition coefficient (Wildman–Crippen LogP) is 4.69. The van der Waals surface area contributed by atoms with E-state index in [1.807, 2.05) is 18.3 Å². The second-order valence-corrected chi connectivity index (χ2v) is 7.80. The van der Waals surface area contributed by atoms with Crippen molar-refractivity contribution in [2.24, 2.45) is 5.10 Å². The maximum Gasteiger partial charge on any atom is 0.216 e. The number of nitrogens with one attached hydrogen (secondary N) is 1. The van der Waals surface area contributed by atoms with Gasteiger partial charge in [0.25, 0.3) is 0 Å². The largest absolute Gasteiger partial charge is 0.250 e. The molecule has 20 heavy (non-hydrogen) atoms. The zero-order valence-corrected chi connectivity index (χ0v) is 14.1. The Morgan fingerprint density at radius 3 is 2.90 bits per heavy atom. The van der Waals surface area contributed by atoms with Crippen LogP contribution in [-0.4, -0.2) is 21.1 Å². The number of thiophene rings is 1. The smallest absolute Gasteiger partial charge is 0.216 e. The van der Waals surface area contributed by atoms with Crippen molar-refractivity contribution in [3.8, 4) is 0 Å². The van der Waals surface area contributed by atoms with Crippen molar-refractivity contribution in [2.75, 3.05) is 0 Å². The summed E-state index contributed by atoms with van der Waals surface area (Å²) in [6.07, 6.45) is 8.07. The van der Waals surface area contributed by atoms with Gasteiger partial charge in [-0.3, -0.25) is 5.10 Å². The number of H-pyrrole nitrogens is 1. The molecular weight excluding hydrogens is 356 g/mol. The van der Waals surface area contributed by atoms with Crippen molar-refractivity contribution in [1.82, 2.24) is 14.9 Å². The second-order valence-electron chi connectivity index (χ2n) is 4.92. The van der Waals surface area contributed by atoms with Gasteiger partial charge in [0.05, 0.1) is 10.0 Å². The first-order chi connectivity index (χ1) is 9.74. The van der Waals surface area contributed by atoms with Crippen LogP contribution in [0.5, 0.6) is 0 Å². The Balaban J connectivity index is 1.87. The van der Waals surface area contributed by atoms with E-state index in [0.717, 1.165) is 14.5 Å². The minimum Gasteiger partial charge on any atom is -0.250 e. The summed E-state index contributed by atoms with van der Waals surface area (Å²) in [6, 6.07) is 4.05. The minimum absolute atomic E-state index is 0.476. The van der Waals surface area contributed by atoms with Crippen LogP contribution in [0.3, 0.4) is 0 Å². The van der Waals surface area contributed by atoms with E-state index >= 15 is 0 Å². The molecule has 0 unspecified atom stereocenters. The van der Waals surface area contributed by atoms with Gasteiger partial charge in [0, 0.05) is 10.8 Å². The second kappa shape index (κ2) is 6.32. The molecular formula is C13H15BrN4S2. The fourth-order valence-corrected chi connectivity index (χ4v) is 4.03. The van der Waals surface area contributed by atoms with E-state index in [2.05, 4.69) is 31.2 Å². The fraction of sp³-hybridized carbons (Fsp3) is 0.462. The predicted molar refractivity (Wildman–Crippen MR) is 88.2 cm³/mol. The summed E-state index contributed by atoms with van der Waals surface area (Å²) < 4.78 is 3.44. The number of rotatable bonds is 3. The van der Waals surface area contributed by atoms with Gasteiger partial charge < -0.3 is 0 Å². The van der Waals surface area contributed by atoms with Crippen LogP contribution >= 0.6 is 39.5 Å². The lowest BCUT2D eigenvalue weighted by atomic mass is 9.89. The van der Waals surface area contributed by atoms with Crippen LogP contribution in [0.2, 0.25) is 0 Å². The molecule has 2 heterocycles. The Bertz CT molecular complexity index is 664. The molecule has 0 bridgehead atoms. The first kappa shape index (κ1) is 14.2. The molecule has 7 heteroatoms. The van der Waals surface area contributed by atoms with Crippen LogP contribution in [0.4, 0.5) is 0 Å². The molecule has 1 fully saturated rings. The maximum atomic E-state index is 5.29. The first-order valence-corrected chi connectivity index (χ1v) is 8.73. The third kappa shape index (κ3) is 3.10. The summed E-state index contributed by atoms with van der Waals surface area (Å²) in [6.45, 7) is 0. The highest BCUT2D eigenvalue weighted by atomic mass is 79.9. The van der Waals surface area contributed by atoms with E-state index in [0.29, 0.717) is 10.7 Å². The van der Waals surface area contributed by atoms with Crippen LogP contribution in [0.15, 0.2) is 21.0 Å². The van der Waals surface area contributed by atoms with E-state index in [4.69, 9.17) is 12.2 Å². The highest BCUT2D eigenvalue weighted by Crippen LogP contribution is 2.31. The number of hydrogen-bond acceptors (Lipinski definition) is 4. The average molecular weight is 371 g/mol. The summed E-state index contributed by atoms with van der Waals surface area (Å²) in [5.74, 6) is 1.45. The SMILES string of the molecule is S=c1[nH]nc(C2CCCCC2)n1N=Cc1ccc(Br)s1. The van der Waals surface area contributed by atoms with Crippen molar-refractivity contribution in [3.05, 3.63) is 31.4 Å². The number of hydrogen-bond donors (Lipinski definition) is 1. The highest BCUT2D eigenvalue weighted by Gasteiger charge is 2.21. The minimum atomic E-state index is 0.476. The summed E-state index contributed by atoms with van der Waals surface area (Å²) in [5, 5.41) is 11.8. The Morgan fingerprint density at radius 2 is 2.20 bits per heavy atom. The molecule has 0 aliphatic heterocycles. The highest BCUT2D eigenvalue weighted by molar-refractivity contribution is 9.11. The molecule has 0 radical (unpaired) electrons. The van der Waals surface area contributed by atoms with Gasteiger partial charge in [-0.2, -0.15) is 14.9 Å². The van der Waals surface area contributed by atoms with Gasteiger partial charge in [-0.15, -0.1) is 11.3 Å². The Kier molecular flexibility index (Phi) is 4.48. The van der Waals surface area contributed by atoms with Crippen LogP contribution in [0.25, 0.3) is 0 Å². The average Bonchev–Trinajstić information content (AvgIpc) is 3.04. The van der Waals surface area contributed by atoms with Gasteiger partial charge in [0.1, 0.15) is 0 Å². The molecule has 106 valence electrons. The quantitative estimate of drug-likeness (QED) is 0.628. The van der Waals surface area contributed by atoms with Gasteiger partial charge in [0.2, 0.25) is 4.77 Å². The number of aromatic amines is 1. The number of aromatic nitrogens is 3. The molecule has 0 atom stereocenters. The first-order valence-electron chi connectivity index (χ1n) is 6.71. The van der Waals surface area contributed by atoms with E-state index in [1.54, 1.807) is 16.0 Å². The van der Waals surface area contributed by atoms with Crippen molar-refractivity contribution in [3.63, 3.8) is 0 Å². The van der Waals surface area contributed by atoms with Gasteiger partial charge >= 0.3 is 0 Å². The zero-order chi connectivity index (χ0) is 13.9. The molecule has 0 spiro atoms. The Hall–Kier alpha value is -0.790. The molecule has 4 nitrogen and oxygen atoms in total. The fourth-order valence-electron chi connectivity index (χ4n) is 2.55. The number of nitrogens with zero attached hydrogens (tertiary/aromatic N) is 3. The molecule has 2 aromatic heterocycles. The molecule has 0 saturated heterocycles. The lowest BCUT2D eigenvalue weighted by Gasteiger charge is -2.19. The molecule has 1 N–H and O–H groups in total. The number of halogens is 1. The van der Waals surface area contributed by atoms with Crippen LogP contribution in [0, 0.1) is 4.77 Å². The monoisotopic (exact) mass is 370 g/mol. The standard InChI is InChI=1S/C13H15BrN4S2/c14-11-7-6-10(20-11)8-15-18-12(16-17-13(18)19)9-4-2-1-3-5-9/h6-9H,1-5H2,(H,17,19). The van der Waals surface area contributed by atoms with Gasteiger partial charge in [0.15, 0.2) is 5.82 Å². The molecule has 0 aromatic carbocycles. The topological polar surface area (TPSA) is 46.0 Å². The van der Waals surface area contributed by atoms with Crippen LogP contribution < -0.4 is 0 Å². The van der Waals surface area contributed by atoms with Crippen molar-refractivity contribution < 1.29 is 0 Å². The van der Waals surface area contributed by atoms with Crippen LogP contribution in [0.1, 0.15) is 48.7 Å². The molecule has 3 rings (SSSR count). The summed E-state index contributed by atoms with van der Waals surface area (Å²) in [7, 11) is 0. The normalized spacial score (nSPS) is 17.1. The molecule has 1 saturated carbocycles. The van der Waals surface area contributed by atoms with Crippen molar-refractivity contribution in [1.29, 1.82) is 0 Å². The summed E-state index contributed by atoms with van der Waals surface area (Å²) >= 11 is 10.4. The maximum absolute atomic E-state index is 5.29. The third-order valence-corrected chi connectivity index (χ3v) is 5.36.